The van der Waals surface area contributed by atoms with Crippen LogP contribution in [-0.4, -0.2) is 121 Å². The Balaban J connectivity index is 0.000000185. The third-order valence-corrected chi connectivity index (χ3v) is 25.4. The van der Waals surface area contributed by atoms with Crippen LogP contribution in [0.2, 0.25) is 0 Å². The number of hydrogen-bond donors (Lipinski definition) is 4. The first-order valence-corrected chi connectivity index (χ1v) is 29.8. The standard InChI is InChI=1S/C21H33N3O2.C20H28N2O2.C20H29NO3.CH5N.3CH4/c1-20-11-9-15-13(14(20)6-7-16(20)23-19(26)22-3)5-8-17-21(15,2)12-10-18(25)24(17)4;1-19-10-8-15-13(14(19)5-6-16(19)21-12-23)4-7-17-20(15,2)11-9-18(24)22(17)3;1-19-10-8-14-12(13(19)5-6-15(19)18(23)24)4-7-16-20(14,2)11-9-17(22)21(16)3;1-2;;;/h10,12-17H,5-9,11H2,1-4H3,(H2,22,23,26);9,11,13-17H,4-8,10H2,1-3H3;9,11-16H,4-8,10H2,1-3H3,(H,23,24);2H2,1H3;3*1H4/t13-,14-,15-,16-,17+,20-,21+;13-,14-,15-,16-,17+,19-,20+;12-,13-,14-,15+,16+,19-,20+;;;;/m000..../s1. The maximum Gasteiger partial charge on any atom is 0.314 e. The van der Waals surface area contributed by atoms with Crippen LogP contribution >= 0.6 is 0 Å². The lowest BCUT2D eigenvalue weighted by Crippen LogP contribution is -2.60. The summed E-state index contributed by atoms with van der Waals surface area (Å²) in [6, 6.07) is 1.38. The smallest absolute Gasteiger partial charge is 0.314 e. The quantitative estimate of drug-likeness (QED) is 0.158. The van der Waals surface area contributed by atoms with Crippen LogP contribution in [0.25, 0.3) is 0 Å². The van der Waals surface area contributed by atoms with Crippen molar-refractivity contribution >= 4 is 35.8 Å². The van der Waals surface area contributed by atoms with Gasteiger partial charge in [0.1, 0.15) is 0 Å². The lowest BCUT2D eigenvalue weighted by molar-refractivity contribution is -0.152. The molecule has 9 fully saturated rings. The summed E-state index contributed by atoms with van der Waals surface area (Å²) >= 11 is 0. The molecule has 5 amide bonds. The Morgan fingerprint density at radius 1 is 0.544 bits per heavy atom. The fourth-order valence-corrected chi connectivity index (χ4v) is 21.3. The summed E-state index contributed by atoms with van der Waals surface area (Å²) in [5.41, 5.74) is 5.08. The van der Waals surface area contributed by atoms with Gasteiger partial charge in [-0.1, -0.05) is 82.1 Å². The summed E-state index contributed by atoms with van der Waals surface area (Å²) in [7, 11) is 9.07. The minimum absolute atomic E-state index is 0. The van der Waals surface area contributed by atoms with Crippen molar-refractivity contribution in [2.45, 2.75) is 210 Å². The van der Waals surface area contributed by atoms with E-state index in [0.29, 0.717) is 71.4 Å². The van der Waals surface area contributed by atoms with Crippen LogP contribution in [-0.2, 0) is 24.0 Å². The van der Waals surface area contributed by atoms with Gasteiger partial charge in [0, 0.05) is 68.6 Å². The summed E-state index contributed by atoms with van der Waals surface area (Å²) in [5.74, 6) is 5.42. The number of hydrogen-bond acceptors (Lipinski definition) is 8. The third kappa shape index (κ3) is 10.00. The minimum atomic E-state index is -0.596. The maximum absolute atomic E-state index is 12.2. The Hall–Kier alpha value is -4.29. The number of aliphatic imine (C=N–C) groups is 1. The second-order valence-electron chi connectivity index (χ2n) is 27.6. The van der Waals surface area contributed by atoms with Crippen molar-refractivity contribution < 1.29 is 33.9 Å². The van der Waals surface area contributed by atoms with Gasteiger partial charge >= 0.3 is 12.0 Å². The molecule has 0 aromatic rings. The summed E-state index contributed by atoms with van der Waals surface area (Å²) < 4.78 is 0. The predicted octanol–water partition coefficient (Wildman–Crippen LogP) is 11.1. The van der Waals surface area contributed by atoms with E-state index in [2.05, 4.69) is 81.1 Å². The number of urea groups is 1. The van der Waals surface area contributed by atoms with Gasteiger partial charge in [0.25, 0.3) is 0 Å². The SMILES string of the molecule is C.C.C.CN.CN1C(=O)C=C[C@]2(C)[C@H]3CC[C@]4(C)[C@@H](C(=O)O)CC[C@H]4[C@@H]3CC[C@@H]12.CN1C(=O)C=C[C@]2(C)[C@H]3CC[C@]4(C)[C@@H](N=C=O)CC[C@H]4[C@@H]3CC[C@@H]12.CNC(=O)N[C@H]1CC[C@H]2[C@@H]3CC[C@H]4N(C)C(=O)C=C[C@]4(C)[C@H]3CC[C@]12C. The fraction of sp³-hybridized carbons (Fsp3) is 0.815. The molecule has 0 radical (unpaired) electrons. The number of amides is 5. The molecule has 0 unspecified atom stereocenters. The molecule has 0 spiro atoms. The molecule has 0 aromatic heterocycles. The molecule has 12 rings (SSSR count). The first-order chi connectivity index (χ1) is 36.0. The Morgan fingerprint density at radius 3 is 1.32 bits per heavy atom. The Kier molecular flexibility index (Phi) is 19.0. The van der Waals surface area contributed by atoms with Crippen molar-refractivity contribution in [2.24, 2.45) is 102 Å². The van der Waals surface area contributed by atoms with E-state index in [1.54, 1.807) is 25.3 Å². The average Bonchev–Trinajstić information content (AvgIpc) is 4.30. The molecule has 3 aliphatic heterocycles. The molecule has 5 N–H and O–H groups in total. The van der Waals surface area contributed by atoms with Gasteiger partial charge in [0.05, 0.1) is 12.0 Å². The minimum Gasteiger partial charge on any atom is -0.481 e. The normalized spacial score (nSPS) is 45.9. The van der Waals surface area contributed by atoms with Crippen molar-refractivity contribution in [3.05, 3.63) is 36.5 Å². The molecule has 9 saturated carbocycles. The number of nitrogens with one attached hydrogen (secondary N) is 2. The molecule has 79 heavy (non-hydrogen) atoms. The van der Waals surface area contributed by atoms with Crippen LogP contribution in [0.4, 0.5) is 4.79 Å². The summed E-state index contributed by atoms with van der Waals surface area (Å²) in [6.45, 7) is 14.1. The van der Waals surface area contributed by atoms with E-state index in [1.807, 2.05) is 41.9 Å². The molecule has 0 aromatic carbocycles. The van der Waals surface area contributed by atoms with E-state index in [0.717, 1.165) is 70.6 Å². The molecule has 21 atom stereocenters. The van der Waals surface area contributed by atoms with Gasteiger partial charge in [0.15, 0.2) is 0 Å². The molecule has 0 bridgehead atoms. The van der Waals surface area contributed by atoms with Crippen LogP contribution < -0.4 is 16.4 Å². The lowest BCUT2D eigenvalue weighted by atomic mass is 9.47. The van der Waals surface area contributed by atoms with Crippen LogP contribution in [0, 0.1) is 91.7 Å². The third-order valence-electron chi connectivity index (χ3n) is 25.4. The van der Waals surface area contributed by atoms with Gasteiger partial charge in [-0.15, -0.1) is 0 Å². The van der Waals surface area contributed by atoms with Crippen LogP contribution in [0.5, 0.6) is 0 Å². The van der Waals surface area contributed by atoms with Gasteiger partial charge in [-0.2, -0.15) is 0 Å². The number of isocyanates is 1. The van der Waals surface area contributed by atoms with E-state index < -0.39 is 5.97 Å². The number of carbonyl (C=O) groups is 5. The molecule has 444 valence electrons. The zero-order valence-electron chi connectivity index (χ0n) is 48.1. The van der Waals surface area contributed by atoms with Crippen molar-refractivity contribution in [1.82, 2.24) is 25.3 Å². The van der Waals surface area contributed by atoms with E-state index in [1.165, 1.54) is 52.0 Å². The number of nitrogens with two attached hydrogens (primary N) is 1. The fourth-order valence-electron chi connectivity index (χ4n) is 21.3. The molecule has 9 aliphatic carbocycles. The molecule has 3 heterocycles. The summed E-state index contributed by atoms with van der Waals surface area (Å²) in [4.78, 5) is 80.8. The molecular formula is C65H107N7O7. The maximum atomic E-state index is 12.2. The Labute approximate surface area is 476 Å². The molecule has 0 saturated heterocycles. The van der Waals surface area contributed by atoms with Crippen molar-refractivity contribution in [3.8, 4) is 0 Å². The Bertz CT molecular complexity index is 2330. The highest BCUT2D eigenvalue weighted by Gasteiger charge is 2.64. The zero-order chi connectivity index (χ0) is 55.1. The number of nitrogens with zero attached hydrogens (tertiary/aromatic N) is 4. The molecule has 14 nitrogen and oxygen atoms in total. The number of rotatable bonds is 3. The van der Waals surface area contributed by atoms with E-state index in [4.69, 9.17) is 0 Å². The van der Waals surface area contributed by atoms with Crippen molar-refractivity contribution in [2.75, 3.05) is 35.2 Å². The van der Waals surface area contributed by atoms with Crippen LogP contribution in [0.3, 0.4) is 0 Å². The number of carboxylic acid groups (broad SMARTS) is 1. The van der Waals surface area contributed by atoms with E-state index in [-0.39, 0.29) is 96.5 Å². The van der Waals surface area contributed by atoms with E-state index >= 15 is 0 Å². The average molecular weight is 1100 g/mol. The topological polar surface area (TPSA) is 195 Å². The number of carboxylic acids is 1. The van der Waals surface area contributed by atoms with E-state index in [9.17, 15) is 33.9 Å². The van der Waals surface area contributed by atoms with Gasteiger partial charge in [-0.05, 0) is 210 Å². The highest BCUT2D eigenvalue weighted by Crippen LogP contribution is 2.68. The monoisotopic (exact) mass is 1100 g/mol. The highest BCUT2D eigenvalue weighted by molar-refractivity contribution is 5.90. The van der Waals surface area contributed by atoms with Gasteiger partial charge < -0.3 is 36.2 Å². The second kappa shape index (κ2) is 23.5. The first-order valence-electron chi connectivity index (χ1n) is 29.8. The van der Waals surface area contributed by atoms with Gasteiger partial charge in [0.2, 0.25) is 23.8 Å². The first kappa shape index (κ1) is 63.9. The highest BCUT2D eigenvalue weighted by atomic mass is 16.4. The lowest BCUT2D eigenvalue weighted by Gasteiger charge is -2.60. The van der Waals surface area contributed by atoms with Crippen LogP contribution in [0.1, 0.15) is 179 Å². The molecular weight excluding hydrogens is 991 g/mol. The van der Waals surface area contributed by atoms with Crippen molar-refractivity contribution in [1.29, 1.82) is 0 Å². The van der Waals surface area contributed by atoms with Crippen LogP contribution in [0.15, 0.2) is 41.4 Å². The van der Waals surface area contributed by atoms with Crippen molar-refractivity contribution in [3.63, 3.8) is 0 Å². The number of fused-ring (bicyclic) bond motifs is 15. The zero-order valence-corrected chi connectivity index (χ0v) is 48.1. The van der Waals surface area contributed by atoms with Gasteiger partial charge in [-0.3, -0.25) is 19.2 Å². The largest absolute Gasteiger partial charge is 0.481 e. The Morgan fingerprint density at radius 2 is 0.911 bits per heavy atom. The van der Waals surface area contributed by atoms with Gasteiger partial charge in [-0.25, -0.2) is 14.6 Å². The predicted molar refractivity (Wildman–Crippen MR) is 315 cm³/mol. The summed E-state index contributed by atoms with van der Waals surface area (Å²) in [5, 5.41) is 15.6. The molecule has 12 aliphatic rings. The molecule has 14 heteroatoms. The number of carbonyl (C=O) groups excluding carboxylic acids is 5. The summed E-state index contributed by atoms with van der Waals surface area (Å²) in [6.07, 6.45) is 33.9. The second-order valence-corrected chi connectivity index (χ2v) is 27.6. The number of aliphatic carboxylic acids is 1. The number of likely N-dealkylation sites (N-methyl/N-ethyl adjacent to an activating group) is 3.